The molecule has 0 saturated heterocycles. The van der Waals surface area contributed by atoms with Crippen molar-refractivity contribution < 1.29 is 22.4 Å². The van der Waals surface area contributed by atoms with Crippen molar-refractivity contribution in [3.8, 4) is 17.4 Å². The number of amides is 1. The Morgan fingerprint density at radius 3 is 2.55 bits per heavy atom. The summed E-state index contributed by atoms with van der Waals surface area (Å²) in [7, 11) is 0. The molecular weight excluding hydrogens is 381 g/mol. The summed E-state index contributed by atoms with van der Waals surface area (Å²) in [4.78, 5) is 12.4. The second kappa shape index (κ2) is 8.07. The molecule has 0 saturated carbocycles. The molecule has 0 unspecified atom stereocenters. The molecule has 0 aliphatic carbocycles. The van der Waals surface area contributed by atoms with Crippen molar-refractivity contribution in [2.24, 2.45) is 0 Å². The van der Waals surface area contributed by atoms with Crippen molar-refractivity contribution in [1.29, 1.82) is 5.26 Å². The van der Waals surface area contributed by atoms with E-state index in [1.165, 1.54) is 30.3 Å². The number of para-hydroxylation sites is 1. The number of nitriles is 1. The van der Waals surface area contributed by atoms with Crippen molar-refractivity contribution in [3.63, 3.8) is 0 Å². The zero-order chi connectivity index (χ0) is 21.0. The molecular formula is C22H15F3N2O2. The first-order valence-electron chi connectivity index (χ1n) is 8.54. The lowest BCUT2D eigenvalue weighted by molar-refractivity contribution is -0.137. The molecule has 4 nitrogen and oxygen atoms in total. The van der Waals surface area contributed by atoms with E-state index in [-0.39, 0.29) is 22.7 Å². The Bertz CT molecular complexity index is 1120. The normalized spacial score (nSPS) is 11.8. The van der Waals surface area contributed by atoms with Gasteiger partial charge in [-0.3, -0.25) is 4.79 Å². The Morgan fingerprint density at radius 1 is 1.10 bits per heavy atom. The van der Waals surface area contributed by atoms with E-state index in [9.17, 15) is 23.2 Å². The van der Waals surface area contributed by atoms with E-state index in [2.05, 4.69) is 5.32 Å². The number of nitrogens with zero attached hydrogens (tertiary/aromatic N) is 1. The van der Waals surface area contributed by atoms with Gasteiger partial charge in [0, 0.05) is 17.3 Å². The number of rotatable bonds is 4. The number of anilines is 1. The van der Waals surface area contributed by atoms with Crippen LogP contribution in [0.1, 0.15) is 16.9 Å². The van der Waals surface area contributed by atoms with Gasteiger partial charge in [0.1, 0.15) is 23.2 Å². The van der Waals surface area contributed by atoms with Gasteiger partial charge < -0.3 is 9.73 Å². The predicted molar refractivity (Wildman–Crippen MR) is 103 cm³/mol. The van der Waals surface area contributed by atoms with E-state index in [1.54, 1.807) is 12.1 Å². The number of hydrogen-bond acceptors (Lipinski definition) is 3. The molecule has 0 aliphatic heterocycles. The fourth-order valence-electron chi connectivity index (χ4n) is 2.63. The van der Waals surface area contributed by atoms with Crippen molar-refractivity contribution in [3.05, 3.63) is 83.1 Å². The van der Waals surface area contributed by atoms with Crippen molar-refractivity contribution in [2.45, 2.75) is 13.1 Å². The lowest BCUT2D eigenvalue weighted by Crippen LogP contribution is -2.14. The zero-order valence-electron chi connectivity index (χ0n) is 15.2. The first-order valence-corrected chi connectivity index (χ1v) is 8.54. The number of carbonyl (C=O) groups excluding carboxylic acids is 1. The van der Waals surface area contributed by atoms with Crippen LogP contribution in [0.4, 0.5) is 18.9 Å². The van der Waals surface area contributed by atoms with E-state index in [0.717, 1.165) is 17.7 Å². The zero-order valence-corrected chi connectivity index (χ0v) is 15.2. The van der Waals surface area contributed by atoms with Crippen LogP contribution in [0.3, 0.4) is 0 Å². The average Bonchev–Trinajstić information content (AvgIpc) is 3.16. The molecule has 146 valence electrons. The summed E-state index contributed by atoms with van der Waals surface area (Å²) in [5.41, 5.74) is 0.657. The quantitative estimate of drug-likeness (QED) is 0.446. The topological polar surface area (TPSA) is 66.0 Å². The Hall–Kier alpha value is -3.79. The Balaban J connectivity index is 1.84. The van der Waals surface area contributed by atoms with Gasteiger partial charge in [-0.25, -0.2) is 0 Å². The maximum atomic E-state index is 12.9. The minimum Gasteiger partial charge on any atom is -0.457 e. The van der Waals surface area contributed by atoms with E-state index in [1.807, 2.05) is 25.1 Å². The van der Waals surface area contributed by atoms with Crippen LogP contribution in [0.25, 0.3) is 17.4 Å². The minimum absolute atomic E-state index is 0.175. The standard InChI is InChI=1S/C22H15F3N2O2/c1-14-5-2-3-8-19(14)27-21(28)16(13-26)12-18-9-10-20(29-18)15-6-4-7-17(11-15)22(23,24)25/h2-12H,1H3,(H,27,28). The second-order valence-electron chi connectivity index (χ2n) is 6.22. The van der Waals surface area contributed by atoms with Gasteiger partial charge in [-0.2, -0.15) is 18.4 Å². The summed E-state index contributed by atoms with van der Waals surface area (Å²) < 4.78 is 44.2. The third-order valence-electron chi connectivity index (χ3n) is 4.15. The van der Waals surface area contributed by atoms with Crippen LogP contribution in [0, 0.1) is 18.3 Å². The summed E-state index contributed by atoms with van der Waals surface area (Å²) in [6, 6.07) is 16.6. The Morgan fingerprint density at radius 2 is 1.86 bits per heavy atom. The summed E-state index contributed by atoms with van der Waals surface area (Å²) in [6.07, 6.45) is -3.22. The lowest BCUT2D eigenvalue weighted by Gasteiger charge is -2.07. The van der Waals surface area contributed by atoms with E-state index >= 15 is 0 Å². The molecule has 0 atom stereocenters. The van der Waals surface area contributed by atoms with Gasteiger partial charge in [0.2, 0.25) is 0 Å². The number of alkyl halides is 3. The SMILES string of the molecule is Cc1ccccc1NC(=O)C(C#N)=Cc1ccc(-c2cccc(C(F)(F)F)c2)o1. The van der Waals surface area contributed by atoms with E-state index < -0.39 is 17.6 Å². The smallest absolute Gasteiger partial charge is 0.416 e. The number of hydrogen-bond donors (Lipinski definition) is 1. The molecule has 0 radical (unpaired) electrons. The highest BCUT2D eigenvalue weighted by Crippen LogP contribution is 2.32. The molecule has 0 spiro atoms. The van der Waals surface area contributed by atoms with Crippen LogP contribution in [0.15, 0.2) is 70.7 Å². The summed E-state index contributed by atoms with van der Waals surface area (Å²) in [5.74, 6) is -0.244. The number of furan rings is 1. The van der Waals surface area contributed by atoms with Crippen LogP contribution in [0.5, 0.6) is 0 Å². The number of nitrogens with one attached hydrogen (secondary N) is 1. The number of carbonyl (C=O) groups is 1. The van der Waals surface area contributed by atoms with Crippen LogP contribution in [-0.2, 0) is 11.0 Å². The van der Waals surface area contributed by atoms with Crippen LogP contribution in [-0.4, -0.2) is 5.91 Å². The van der Waals surface area contributed by atoms with Gasteiger partial charge in [0.25, 0.3) is 5.91 Å². The Kier molecular flexibility index (Phi) is 5.55. The fraction of sp³-hybridized carbons (Fsp3) is 0.0909. The fourth-order valence-corrected chi connectivity index (χ4v) is 2.63. The lowest BCUT2D eigenvalue weighted by atomic mass is 10.1. The van der Waals surface area contributed by atoms with Crippen molar-refractivity contribution in [1.82, 2.24) is 0 Å². The molecule has 29 heavy (non-hydrogen) atoms. The molecule has 3 rings (SSSR count). The largest absolute Gasteiger partial charge is 0.457 e. The predicted octanol–water partition coefficient (Wildman–Crippen LogP) is 5.82. The molecule has 1 aromatic heterocycles. The Labute approximate surface area is 164 Å². The van der Waals surface area contributed by atoms with Gasteiger partial charge in [-0.1, -0.05) is 30.3 Å². The summed E-state index contributed by atoms with van der Waals surface area (Å²) >= 11 is 0. The van der Waals surface area contributed by atoms with Crippen LogP contribution >= 0.6 is 0 Å². The summed E-state index contributed by atoms with van der Waals surface area (Å²) in [6.45, 7) is 1.82. The van der Waals surface area contributed by atoms with Crippen molar-refractivity contribution >= 4 is 17.7 Å². The van der Waals surface area contributed by atoms with E-state index in [4.69, 9.17) is 4.42 Å². The van der Waals surface area contributed by atoms with E-state index in [0.29, 0.717) is 5.69 Å². The van der Waals surface area contributed by atoms with Crippen LogP contribution < -0.4 is 5.32 Å². The molecule has 1 heterocycles. The molecule has 0 bridgehead atoms. The van der Waals surface area contributed by atoms with Gasteiger partial charge >= 0.3 is 6.18 Å². The maximum Gasteiger partial charge on any atom is 0.416 e. The number of aryl methyl sites for hydroxylation is 1. The van der Waals surface area contributed by atoms with Crippen molar-refractivity contribution in [2.75, 3.05) is 5.32 Å². The molecule has 7 heteroatoms. The first kappa shape index (κ1) is 20.0. The molecule has 1 N–H and O–H groups in total. The first-order chi connectivity index (χ1) is 13.8. The molecule has 3 aromatic rings. The van der Waals surface area contributed by atoms with Gasteiger partial charge in [-0.15, -0.1) is 0 Å². The van der Waals surface area contributed by atoms with Gasteiger partial charge in [0.15, 0.2) is 0 Å². The highest BCUT2D eigenvalue weighted by Gasteiger charge is 2.30. The third-order valence-corrected chi connectivity index (χ3v) is 4.15. The third kappa shape index (κ3) is 4.74. The minimum atomic E-state index is -4.47. The van der Waals surface area contributed by atoms with Gasteiger partial charge in [-0.05, 0) is 42.8 Å². The number of benzene rings is 2. The molecule has 2 aromatic carbocycles. The maximum absolute atomic E-state index is 12.9. The molecule has 0 fully saturated rings. The molecule has 1 amide bonds. The second-order valence-corrected chi connectivity index (χ2v) is 6.22. The monoisotopic (exact) mass is 396 g/mol. The van der Waals surface area contributed by atoms with Crippen LogP contribution in [0.2, 0.25) is 0 Å². The highest BCUT2D eigenvalue weighted by atomic mass is 19.4. The average molecular weight is 396 g/mol. The van der Waals surface area contributed by atoms with Gasteiger partial charge in [0.05, 0.1) is 5.56 Å². The summed E-state index contributed by atoms with van der Waals surface area (Å²) in [5, 5.41) is 12.0. The molecule has 0 aliphatic rings. The number of halogens is 3. The highest BCUT2D eigenvalue weighted by molar-refractivity contribution is 6.09.